The number of nitrogen functional groups attached to an aromatic ring is 1. The average molecular weight is 448 g/mol. The molecule has 0 radical (unpaired) electrons. The monoisotopic (exact) mass is 447 g/mol. The van der Waals surface area contributed by atoms with E-state index in [1.807, 2.05) is 18.2 Å². The molecular formula is C23H24ClF2N3O2. The van der Waals surface area contributed by atoms with E-state index in [1.54, 1.807) is 0 Å². The molecule has 0 spiro atoms. The molecular weight excluding hydrogens is 424 g/mol. The van der Waals surface area contributed by atoms with Gasteiger partial charge in [-0.2, -0.15) is 0 Å². The van der Waals surface area contributed by atoms with Crippen molar-refractivity contribution >= 4 is 17.3 Å². The third-order valence-corrected chi connectivity index (χ3v) is 4.81. The van der Waals surface area contributed by atoms with Crippen molar-refractivity contribution in [3.05, 3.63) is 65.1 Å². The van der Waals surface area contributed by atoms with Crippen LogP contribution in [0.4, 0.5) is 14.5 Å². The standard InChI is InChI=1S/C23H24ClF2N3O2/c1-2-15-10-17(27)13-18(11-15)30-8-4-3-5-9-31-21-12-16(6-7-19(21)25)22-20(26)14-28-23(24)29-22/h6-7,10-14H,2-5,8-9,27H2,1H3. The summed E-state index contributed by atoms with van der Waals surface area (Å²) in [4.78, 5) is 7.44. The Morgan fingerprint density at radius 3 is 2.52 bits per heavy atom. The van der Waals surface area contributed by atoms with Gasteiger partial charge in [-0.25, -0.2) is 18.7 Å². The summed E-state index contributed by atoms with van der Waals surface area (Å²) in [5.74, 6) is -0.368. The van der Waals surface area contributed by atoms with Crippen LogP contribution in [0.2, 0.25) is 5.28 Å². The lowest BCUT2D eigenvalue weighted by Gasteiger charge is -2.11. The molecule has 0 aliphatic carbocycles. The summed E-state index contributed by atoms with van der Waals surface area (Å²) in [5.41, 5.74) is 8.06. The second-order valence-corrected chi connectivity index (χ2v) is 7.34. The number of nitrogens with two attached hydrogens (primary N) is 1. The number of halogens is 3. The number of benzene rings is 2. The molecule has 1 heterocycles. The van der Waals surface area contributed by atoms with E-state index in [0.717, 1.165) is 43.2 Å². The van der Waals surface area contributed by atoms with Crippen molar-refractivity contribution in [2.75, 3.05) is 18.9 Å². The molecule has 31 heavy (non-hydrogen) atoms. The molecule has 0 bridgehead atoms. The van der Waals surface area contributed by atoms with Crippen LogP contribution in [0, 0.1) is 11.6 Å². The molecule has 3 rings (SSSR count). The molecule has 3 aromatic rings. The zero-order chi connectivity index (χ0) is 22.2. The van der Waals surface area contributed by atoms with E-state index >= 15 is 0 Å². The third kappa shape index (κ3) is 6.52. The minimum atomic E-state index is -0.645. The molecule has 164 valence electrons. The molecule has 2 N–H and O–H groups in total. The highest BCUT2D eigenvalue weighted by Crippen LogP contribution is 2.27. The molecule has 1 aromatic heterocycles. The molecule has 0 amide bonds. The van der Waals surface area contributed by atoms with Crippen LogP contribution in [0.3, 0.4) is 0 Å². The summed E-state index contributed by atoms with van der Waals surface area (Å²) in [6.07, 6.45) is 4.27. The van der Waals surface area contributed by atoms with Crippen LogP contribution >= 0.6 is 11.6 Å². The molecule has 0 saturated carbocycles. The van der Waals surface area contributed by atoms with Crippen molar-refractivity contribution in [2.45, 2.75) is 32.6 Å². The number of rotatable bonds is 10. The highest BCUT2D eigenvalue weighted by molar-refractivity contribution is 6.28. The first-order valence-electron chi connectivity index (χ1n) is 10.1. The smallest absolute Gasteiger partial charge is 0.223 e. The lowest BCUT2D eigenvalue weighted by Crippen LogP contribution is -2.03. The molecule has 0 atom stereocenters. The quantitative estimate of drug-likeness (QED) is 0.240. The van der Waals surface area contributed by atoms with Gasteiger partial charge in [0, 0.05) is 17.3 Å². The number of aromatic nitrogens is 2. The Morgan fingerprint density at radius 1 is 0.968 bits per heavy atom. The number of anilines is 1. The number of hydrogen-bond acceptors (Lipinski definition) is 5. The summed E-state index contributed by atoms with van der Waals surface area (Å²) in [6, 6.07) is 9.78. The van der Waals surface area contributed by atoms with Gasteiger partial charge in [0.25, 0.3) is 0 Å². The second-order valence-electron chi connectivity index (χ2n) is 7.00. The van der Waals surface area contributed by atoms with Gasteiger partial charge in [-0.05, 0) is 73.2 Å². The lowest BCUT2D eigenvalue weighted by atomic mass is 10.1. The van der Waals surface area contributed by atoms with Gasteiger partial charge in [-0.15, -0.1) is 0 Å². The van der Waals surface area contributed by atoms with E-state index in [9.17, 15) is 8.78 Å². The van der Waals surface area contributed by atoms with Gasteiger partial charge in [-0.1, -0.05) is 6.92 Å². The van der Waals surface area contributed by atoms with Crippen LogP contribution in [0.5, 0.6) is 11.5 Å². The summed E-state index contributed by atoms with van der Waals surface area (Å²) in [5, 5.41) is -0.0884. The molecule has 2 aromatic carbocycles. The minimum Gasteiger partial charge on any atom is -0.494 e. The Morgan fingerprint density at radius 2 is 1.74 bits per heavy atom. The van der Waals surface area contributed by atoms with E-state index < -0.39 is 11.6 Å². The predicted molar refractivity (Wildman–Crippen MR) is 117 cm³/mol. The maximum atomic E-state index is 14.1. The van der Waals surface area contributed by atoms with Crippen LogP contribution < -0.4 is 15.2 Å². The van der Waals surface area contributed by atoms with E-state index in [-0.39, 0.29) is 16.7 Å². The van der Waals surface area contributed by atoms with Crippen molar-refractivity contribution in [1.82, 2.24) is 9.97 Å². The Labute approximate surface area is 185 Å². The van der Waals surface area contributed by atoms with E-state index in [4.69, 9.17) is 26.8 Å². The predicted octanol–water partition coefficient (Wildman–Crippen LogP) is 5.85. The molecule has 0 aliphatic heterocycles. The van der Waals surface area contributed by atoms with Crippen molar-refractivity contribution < 1.29 is 18.3 Å². The van der Waals surface area contributed by atoms with Crippen LogP contribution in [0.25, 0.3) is 11.3 Å². The zero-order valence-electron chi connectivity index (χ0n) is 17.2. The van der Waals surface area contributed by atoms with Gasteiger partial charge in [0.2, 0.25) is 5.28 Å². The average Bonchev–Trinajstić information content (AvgIpc) is 2.75. The largest absolute Gasteiger partial charge is 0.494 e. The van der Waals surface area contributed by atoms with Crippen molar-refractivity contribution in [3.8, 4) is 22.8 Å². The third-order valence-electron chi connectivity index (χ3n) is 4.63. The van der Waals surface area contributed by atoms with E-state index in [2.05, 4.69) is 16.9 Å². The number of hydrogen-bond donors (Lipinski definition) is 1. The maximum Gasteiger partial charge on any atom is 0.223 e. The lowest BCUT2D eigenvalue weighted by molar-refractivity contribution is 0.272. The molecule has 0 saturated heterocycles. The van der Waals surface area contributed by atoms with Gasteiger partial charge < -0.3 is 15.2 Å². The van der Waals surface area contributed by atoms with Gasteiger partial charge >= 0.3 is 0 Å². The van der Waals surface area contributed by atoms with Crippen LogP contribution in [-0.4, -0.2) is 23.2 Å². The van der Waals surface area contributed by atoms with Crippen molar-refractivity contribution in [2.24, 2.45) is 0 Å². The Kier molecular flexibility index (Phi) is 8.00. The van der Waals surface area contributed by atoms with Crippen LogP contribution in [-0.2, 0) is 6.42 Å². The molecule has 5 nitrogen and oxygen atoms in total. The number of nitrogens with zero attached hydrogens (tertiary/aromatic N) is 2. The molecule has 0 fully saturated rings. The van der Waals surface area contributed by atoms with Gasteiger partial charge in [0.05, 0.1) is 19.4 Å². The van der Waals surface area contributed by atoms with E-state index in [0.29, 0.717) is 24.5 Å². The summed E-state index contributed by atoms with van der Waals surface area (Å²) >= 11 is 5.73. The first-order chi connectivity index (χ1) is 15.0. The van der Waals surface area contributed by atoms with Crippen LogP contribution in [0.1, 0.15) is 31.7 Å². The van der Waals surface area contributed by atoms with Gasteiger partial charge in [0.15, 0.2) is 17.4 Å². The number of unbranched alkanes of at least 4 members (excludes halogenated alkanes) is 2. The fourth-order valence-corrected chi connectivity index (χ4v) is 3.17. The maximum absolute atomic E-state index is 14.1. The van der Waals surface area contributed by atoms with Crippen molar-refractivity contribution in [1.29, 1.82) is 0 Å². The topological polar surface area (TPSA) is 70.3 Å². The first-order valence-corrected chi connectivity index (χ1v) is 10.5. The normalized spacial score (nSPS) is 10.8. The Hall–Kier alpha value is -2.93. The summed E-state index contributed by atoms with van der Waals surface area (Å²) < 4.78 is 39.3. The van der Waals surface area contributed by atoms with Crippen molar-refractivity contribution in [3.63, 3.8) is 0 Å². The fourth-order valence-electron chi connectivity index (χ4n) is 3.04. The first kappa shape index (κ1) is 22.7. The zero-order valence-corrected chi connectivity index (χ0v) is 18.0. The highest BCUT2D eigenvalue weighted by atomic mass is 35.5. The molecule has 0 unspecified atom stereocenters. The van der Waals surface area contributed by atoms with Gasteiger partial charge in [0.1, 0.15) is 11.4 Å². The molecule has 0 aliphatic rings. The molecule has 8 heteroatoms. The SMILES string of the molecule is CCc1cc(N)cc(OCCCCCOc2cc(-c3nc(Cl)ncc3F)ccc2F)c1. The van der Waals surface area contributed by atoms with Crippen LogP contribution in [0.15, 0.2) is 42.6 Å². The number of aryl methyl sites for hydroxylation is 1. The fraction of sp³-hybridized carbons (Fsp3) is 0.304. The van der Waals surface area contributed by atoms with Gasteiger partial charge in [-0.3, -0.25) is 0 Å². The van der Waals surface area contributed by atoms with E-state index in [1.165, 1.54) is 18.2 Å². The summed E-state index contributed by atoms with van der Waals surface area (Å²) in [6.45, 7) is 2.95. The Bertz CT molecular complexity index is 1030. The summed E-state index contributed by atoms with van der Waals surface area (Å²) in [7, 11) is 0. The Balaban J connectivity index is 1.45. The number of ether oxygens (including phenoxy) is 2. The minimum absolute atomic E-state index is 0.00484. The highest BCUT2D eigenvalue weighted by Gasteiger charge is 2.12. The second kappa shape index (κ2) is 10.9.